The second kappa shape index (κ2) is 9.42. The summed E-state index contributed by atoms with van der Waals surface area (Å²) in [4.78, 5) is 26.7. The number of nitrogens with two attached hydrogens (primary N) is 1. The third kappa shape index (κ3) is 6.18. The van der Waals surface area contributed by atoms with Crippen LogP contribution in [0.2, 0.25) is 0 Å². The number of nitrogens with one attached hydrogen (secondary N) is 2. The number of amides is 2. The number of anilines is 1. The zero-order valence-corrected chi connectivity index (χ0v) is 13.0. The first-order chi connectivity index (χ1) is 11.1. The van der Waals surface area contributed by atoms with E-state index in [0.29, 0.717) is 5.82 Å². The van der Waals surface area contributed by atoms with Crippen LogP contribution < -0.4 is 16.6 Å². The molecule has 1 aromatic heterocycles. The fraction of sp³-hybridized carbons (Fsp3) is 0.278. The van der Waals surface area contributed by atoms with Crippen LogP contribution in [0.5, 0.6) is 0 Å². The van der Waals surface area contributed by atoms with Gasteiger partial charge in [0.25, 0.3) is 0 Å². The van der Waals surface area contributed by atoms with Crippen molar-refractivity contribution in [2.45, 2.75) is 33.6 Å². The summed E-state index contributed by atoms with van der Waals surface area (Å²) in [6.07, 6.45) is 1.88. The number of rotatable bonds is 6. The van der Waals surface area contributed by atoms with Crippen molar-refractivity contribution in [3.05, 3.63) is 59.3 Å². The molecule has 128 valence electrons. The first-order valence-corrected chi connectivity index (χ1v) is 7.37. The maximum Gasteiger partial charge on any atom is 0.238 e. The van der Waals surface area contributed by atoms with Crippen molar-refractivity contribution in [1.29, 1.82) is 0 Å². The minimum absolute atomic E-state index is 0. The second-order valence-corrected chi connectivity index (χ2v) is 5.26. The summed E-state index contributed by atoms with van der Waals surface area (Å²) < 4.78 is 0. The Morgan fingerprint density at radius 2 is 1.71 bits per heavy atom. The lowest BCUT2D eigenvalue weighted by Gasteiger charge is -2.06. The predicted molar refractivity (Wildman–Crippen MR) is 95.2 cm³/mol. The van der Waals surface area contributed by atoms with E-state index in [1.54, 1.807) is 6.07 Å². The molecule has 4 N–H and O–H groups in total. The zero-order valence-electron chi connectivity index (χ0n) is 13.0. The van der Waals surface area contributed by atoms with Crippen LogP contribution in [0.4, 0.5) is 5.82 Å². The highest BCUT2D eigenvalue weighted by molar-refractivity contribution is 5.87. The van der Waals surface area contributed by atoms with Crippen LogP contribution >= 0.6 is 0 Å². The van der Waals surface area contributed by atoms with E-state index in [1.807, 2.05) is 36.4 Å². The Kier molecular flexibility index (Phi) is 7.58. The Morgan fingerprint density at radius 1 is 1.04 bits per heavy atom. The van der Waals surface area contributed by atoms with Gasteiger partial charge in [0.1, 0.15) is 5.82 Å². The molecule has 0 bridgehead atoms. The number of aryl methyl sites for hydroxylation is 2. The van der Waals surface area contributed by atoms with Gasteiger partial charge in [-0.25, -0.2) is 10.8 Å². The highest BCUT2D eigenvalue weighted by Crippen LogP contribution is 2.11. The van der Waals surface area contributed by atoms with Crippen LogP contribution in [-0.4, -0.2) is 16.8 Å². The number of nitrogens with zero attached hydrogens (tertiary/aromatic N) is 1. The molecule has 2 aromatic rings. The predicted octanol–water partition coefficient (Wildman–Crippen LogP) is 1.99. The molecule has 0 aliphatic carbocycles. The lowest BCUT2D eigenvalue weighted by molar-refractivity contribution is -0.120. The molecule has 24 heavy (non-hydrogen) atoms. The van der Waals surface area contributed by atoms with Crippen molar-refractivity contribution < 1.29 is 9.59 Å². The molecule has 0 aliphatic rings. The van der Waals surface area contributed by atoms with Crippen molar-refractivity contribution in [2.24, 2.45) is 5.84 Å². The molecule has 0 radical (unpaired) electrons. The molecule has 0 fully saturated rings. The van der Waals surface area contributed by atoms with Gasteiger partial charge in [0.2, 0.25) is 11.8 Å². The van der Waals surface area contributed by atoms with E-state index >= 15 is 0 Å². The molecule has 1 aromatic carbocycles. The van der Waals surface area contributed by atoms with Gasteiger partial charge in [-0.05, 0) is 36.1 Å². The van der Waals surface area contributed by atoms with E-state index in [2.05, 4.69) is 15.7 Å². The number of aromatic nitrogens is 1. The molecule has 6 nitrogen and oxygen atoms in total. The fourth-order valence-corrected chi connectivity index (χ4v) is 2.20. The van der Waals surface area contributed by atoms with Crippen molar-refractivity contribution in [2.75, 3.05) is 5.32 Å². The summed E-state index contributed by atoms with van der Waals surface area (Å²) in [5.41, 5.74) is 5.12. The average Bonchev–Trinajstić information content (AvgIpc) is 2.54. The van der Waals surface area contributed by atoms with E-state index in [9.17, 15) is 9.59 Å². The lowest BCUT2D eigenvalue weighted by Crippen LogP contribution is -2.31. The molecule has 2 amide bonds. The molecular weight excluding hydrogens is 304 g/mol. The smallest absolute Gasteiger partial charge is 0.238 e. The maximum absolute atomic E-state index is 11.2. The largest absolute Gasteiger partial charge is 0.311 e. The van der Waals surface area contributed by atoms with E-state index in [-0.39, 0.29) is 25.7 Å². The lowest BCUT2D eigenvalue weighted by atomic mass is 10.0. The first kappa shape index (κ1) is 19.3. The van der Waals surface area contributed by atoms with Crippen molar-refractivity contribution >= 4 is 17.6 Å². The van der Waals surface area contributed by atoms with Crippen LogP contribution in [-0.2, 0) is 28.9 Å². The van der Waals surface area contributed by atoms with Gasteiger partial charge >= 0.3 is 0 Å². The number of hydrogen-bond acceptors (Lipinski definition) is 4. The molecule has 0 saturated heterocycles. The molecule has 2 rings (SSSR count). The summed E-state index contributed by atoms with van der Waals surface area (Å²) in [6.45, 7) is 1.46. The Bertz CT molecular complexity index is 684. The summed E-state index contributed by atoms with van der Waals surface area (Å²) in [6, 6.07) is 13.4. The van der Waals surface area contributed by atoms with Crippen molar-refractivity contribution in [3.63, 3.8) is 0 Å². The molecule has 0 atom stereocenters. The standard InChI is InChI=1S/C17H20N4O2.CH4/c1-12(22)19-16-4-2-3-15(20-16)10-9-13-5-7-14(8-6-13)11-17(23)21-18;/h2-8H,9-11,18H2,1H3,(H,21,23)(H,19,20,22);1H4. The van der Waals surface area contributed by atoms with Gasteiger partial charge in [0.15, 0.2) is 0 Å². The normalized spacial score (nSPS) is 9.75. The third-order valence-corrected chi connectivity index (χ3v) is 3.33. The molecule has 6 heteroatoms. The van der Waals surface area contributed by atoms with E-state index in [1.165, 1.54) is 6.92 Å². The van der Waals surface area contributed by atoms with E-state index in [4.69, 9.17) is 5.84 Å². The number of carbonyl (C=O) groups excluding carboxylic acids is 2. The van der Waals surface area contributed by atoms with Gasteiger partial charge in [-0.2, -0.15) is 0 Å². The number of pyridine rings is 1. The molecule has 0 spiro atoms. The van der Waals surface area contributed by atoms with Crippen LogP contribution in [0.1, 0.15) is 31.2 Å². The van der Waals surface area contributed by atoms with Crippen LogP contribution in [0, 0.1) is 0 Å². The number of hydrogen-bond donors (Lipinski definition) is 3. The number of benzene rings is 1. The van der Waals surface area contributed by atoms with Crippen molar-refractivity contribution in [3.8, 4) is 0 Å². The van der Waals surface area contributed by atoms with Gasteiger partial charge in [0, 0.05) is 12.6 Å². The van der Waals surface area contributed by atoms with E-state index < -0.39 is 0 Å². The van der Waals surface area contributed by atoms with Crippen LogP contribution in [0.3, 0.4) is 0 Å². The molecule has 1 heterocycles. The Morgan fingerprint density at radius 3 is 2.33 bits per heavy atom. The maximum atomic E-state index is 11.2. The van der Waals surface area contributed by atoms with Crippen molar-refractivity contribution in [1.82, 2.24) is 10.4 Å². The minimum Gasteiger partial charge on any atom is -0.311 e. The average molecular weight is 328 g/mol. The quantitative estimate of drug-likeness (QED) is 0.429. The summed E-state index contributed by atoms with van der Waals surface area (Å²) in [5.74, 6) is 5.30. The number of carbonyl (C=O) groups is 2. The molecule has 0 aliphatic heterocycles. The van der Waals surface area contributed by atoms with Gasteiger partial charge < -0.3 is 5.32 Å². The second-order valence-electron chi connectivity index (χ2n) is 5.26. The summed E-state index contributed by atoms with van der Waals surface area (Å²) in [7, 11) is 0. The third-order valence-electron chi connectivity index (χ3n) is 3.33. The fourth-order valence-electron chi connectivity index (χ4n) is 2.20. The van der Waals surface area contributed by atoms with Gasteiger partial charge in [-0.3, -0.25) is 15.0 Å². The van der Waals surface area contributed by atoms with E-state index in [0.717, 1.165) is 29.7 Å². The first-order valence-electron chi connectivity index (χ1n) is 7.37. The highest BCUT2D eigenvalue weighted by Gasteiger charge is 2.03. The van der Waals surface area contributed by atoms with Crippen LogP contribution in [0.15, 0.2) is 42.5 Å². The highest BCUT2D eigenvalue weighted by atomic mass is 16.2. The SMILES string of the molecule is C.CC(=O)Nc1cccc(CCc2ccc(CC(=O)NN)cc2)n1. The summed E-state index contributed by atoms with van der Waals surface area (Å²) >= 11 is 0. The Balaban J connectivity index is 0.00000288. The van der Waals surface area contributed by atoms with Gasteiger partial charge in [-0.1, -0.05) is 37.8 Å². The topological polar surface area (TPSA) is 97.1 Å². The van der Waals surface area contributed by atoms with Crippen LogP contribution in [0.25, 0.3) is 0 Å². The Hall–Kier alpha value is -2.73. The summed E-state index contributed by atoms with van der Waals surface area (Å²) in [5, 5.41) is 2.68. The van der Waals surface area contributed by atoms with Gasteiger partial charge in [-0.15, -0.1) is 0 Å². The minimum atomic E-state index is -0.211. The molecule has 0 saturated carbocycles. The zero-order chi connectivity index (χ0) is 16.7. The van der Waals surface area contributed by atoms with Gasteiger partial charge in [0.05, 0.1) is 6.42 Å². The monoisotopic (exact) mass is 328 g/mol. The number of hydrazine groups is 1. The molecule has 0 unspecified atom stereocenters. The molecular formula is C18H24N4O2. The Labute approximate surface area is 142 Å².